The highest BCUT2D eigenvalue weighted by atomic mass is 32.2. The van der Waals surface area contributed by atoms with E-state index in [4.69, 9.17) is 0 Å². The van der Waals surface area contributed by atoms with Crippen molar-refractivity contribution in [1.29, 1.82) is 0 Å². The van der Waals surface area contributed by atoms with Crippen LogP contribution in [-0.4, -0.2) is 25.9 Å². The van der Waals surface area contributed by atoms with Gasteiger partial charge in [0, 0.05) is 6.07 Å². The van der Waals surface area contributed by atoms with E-state index in [0.717, 1.165) is 23.4 Å². The molecule has 134 valence electrons. The van der Waals surface area contributed by atoms with E-state index in [1.807, 2.05) is 31.2 Å². The molecule has 0 aliphatic rings. The molecule has 3 rings (SSSR count). The third-order valence-electron chi connectivity index (χ3n) is 3.73. The summed E-state index contributed by atoms with van der Waals surface area (Å²) in [4.78, 5) is 12.3. The molecule has 3 aromatic rings. The fourth-order valence-corrected chi connectivity index (χ4v) is 3.18. The van der Waals surface area contributed by atoms with E-state index in [9.17, 15) is 13.6 Å². The number of carbonyl (C=O) groups is 1. The first-order chi connectivity index (χ1) is 12.5. The maximum Gasteiger partial charge on any atom is 0.237 e. The minimum atomic E-state index is -0.821. The average molecular weight is 374 g/mol. The van der Waals surface area contributed by atoms with Crippen molar-refractivity contribution in [1.82, 2.24) is 14.8 Å². The van der Waals surface area contributed by atoms with E-state index in [1.165, 1.54) is 17.8 Å². The number of para-hydroxylation sites is 1. The second-order valence-electron chi connectivity index (χ2n) is 5.64. The van der Waals surface area contributed by atoms with Gasteiger partial charge in [0.25, 0.3) is 0 Å². The van der Waals surface area contributed by atoms with E-state index in [0.29, 0.717) is 5.16 Å². The molecule has 1 atom stereocenters. The first-order valence-electron chi connectivity index (χ1n) is 7.84. The number of hydrogen-bond donors (Lipinski definition) is 1. The number of halogens is 2. The summed E-state index contributed by atoms with van der Waals surface area (Å²) >= 11 is 1.20. The highest BCUT2D eigenvalue weighted by molar-refractivity contribution is 8.00. The van der Waals surface area contributed by atoms with Crippen LogP contribution in [0.5, 0.6) is 0 Å². The molecule has 0 saturated carbocycles. The fourth-order valence-electron chi connectivity index (χ4n) is 2.34. The lowest BCUT2D eigenvalue weighted by Crippen LogP contribution is -2.23. The van der Waals surface area contributed by atoms with E-state index in [-0.39, 0.29) is 5.69 Å². The Morgan fingerprint density at radius 1 is 1.23 bits per heavy atom. The maximum absolute atomic E-state index is 13.7. The third-order valence-corrected chi connectivity index (χ3v) is 4.79. The van der Waals surface area contributed by atoms with Crippen molar-refractivity contribution in [3.63, 3.8) is 0 Å². The number of thioether (sulfide) groups is 1. The zero-order valence-electron chi connectivity index (χ0n) is 14.1. The minimum Gasteiger partial charge on any atom is -0.323 e. The van der Waals surface area contributed by atoms with Crippen LogP contribution in [0.2, 0.25) is 0 Å². The van der Waals surface area contributed by atoms with Crippen LogP contribution in [0.3, 0.4) is 0 Å². The van der Waals surface area contributed by atoms with Gasteiger partial charge >= 0.3 is 0 Å². The van der Waals surface area contributed by atoms with Crippen molar-refractivity contribution in [2.45, 2.75) is 24.3 Å². The monoisotopic (exact) mass is 374 g/mol. The summed E-state index contributed by atoms with van der Waals surface area (Å²) in [5.41, 5.74) is 1.89. The van der Waals surface area contributed by atoms with Crippen LogP contribution in [0.15, 0.2) is 53.9 Å². The predicted molar refractivity (Wildman–Crippen MR) is 96.4 cm³/mol. The lowest BCUT2D eigenvalue weighted by Gasteiger charge is -2.13. The number of benzene rings is 2. The summed E-state index contributed by atoms with van der Waals surface area (Å²) in [5.74, 6) is -1.94. The zero-order chi connectivity index (χ0) is 18.7. The van der Waals surface area contributed by atoms with Crippen LogP contribution in [0, 0.1) is 18.6 Å². The van der Waals surface area contributed by atoms with Gasteiger partial charge in [-0.1, -0.05) is 30.0 Å². The molecule has 1 heterocycles. The maximum atomic E-state index is 13.7. The Morgan fingerprint density at radius 3 is 2.73 bits per heavy atom. The molecule has 26 heavy (non-hydrogen) atoms. The second-order valence-corrected chi connectivity index (χ2v) is 6.95. The van der Waals surface area contributed by atoms with Crippen LogP contribution in [0.25, 0.3) is 5.69 Å². The van der Waals surface area contributed by atoms with Gasteiger partial charge in [-0.15, -0.1) is 10.2 Å². The number of hydrogen-bond acceptors (Lipinski definition) is 4. The van der Waals surface area contributed by atoms with Crippen molar-refractivity contribution in [2.75, 3.05) is 5.32 Å². The van der Waals surface area contributed by atoms with Gasteiger partial charge in [0.05, 0.1) is 16.6 Å². The number of carbonyl (C=O) groups excluding carboxylic acids is 1. The Hall–Kier alpha value is -2.74. The molecule has 5 nitrogen and oxygen atoms in total. The molecule has 8 heteroatoms. The largest absolute Gasteiger partial charge is 0.323 e. The summed E-state index contributed by atoms with van der Waals surface area (Å²) in [5, 5.41) is 10.4. The quantitative estimate of drug-likeness (QED) is 0.687. The van der Waals surface area contributed by atoms with Crippen molar-refractivity contribution >= 4 is 23.4 Å². The van der Waals surface area contributed by atoms with E-state index >= 15 is 0 Å². The molecule has 1 amide bonds. The molecule has 1 unspecified atom stereocenters. The molecular formula is C18H16F2N4OS. The first-order valence-corrected chi connectivity index (χ1v) is 8.72. The number of anilines is 1. The number of aromatic nitrogens is 3. The van der Waals surface area contributed by atoms with E-state index < -0.39 is 22.8 Å². The van der Waals surface area contributed by atoms with Crippen molar-refractivity contribution < 1.29 is 13.6 Å². The molecule has 0 aliphatic heterocycles. The fraction of sp³-hybridized carbons (Fsp3) is 0.167. The van der Waals surface area contributed by atoms with Crippen LogP contribution < -0.4 is 5.32 Å². The number of amides is 1. The van der Waals surface area contributed by atoms with Gasteiger partial charge in [-0.25, -0.2) is 8.78 Å². The number of rotatable bonds is 5. The Bertz CT molecular complexity index is 944. The van der Waals surface area contributed by atoms with Crippen molar-refractivity contribution in [2.24, 2.45) is 0 Å². The zero-order valence-corrected chi connectivity index (χ0v) is 14.9. The Labute approximate surface area is 153 Å². The molecule has 1 aromatic heterocycles. The van der Waals surface area contributed by atoms with E-state index in [2.05, 4.69) is 15.5 Å². The molecule has 0 spiro atoms. The predicted octanol–water partition coefficient (Wildman–Crippen LogP) is 3.97. The number of nitrogens with one attached hydrogen (secondary N) is 1. The van der Waals surface area contributed by atoms with Crippen LogP contribution >= 0.6 is 11.8 Å². The molecule has 0 saturated heterocycles. The summed E-state index contributed by atoms with van der Waals surface area (Å²) in [7, 11) is 0. The molecule has 1 N–H and O–H groups in total. The normalized spacial score (nSPS) is 12.0. The summed E-state index contributed by atoms with van der Waals surface area (Å²) < 4.78 is 28.4. The average Bonchev–Trinajstić information content (AvgIpc) is 3.05. The van der Waals surface area contributed by atoms with Gasteiger partial charge in [0.1, 0.15) is 18.0 Å². The highest BCUT2D eigenvalue weighted by Crippen LogP contribution is 2.26. The second kappa shape index (κ2) is 7.65. The summed E-state index contributed by atoms with van der Waals surface area (Å²) in [6.07, 6.45) is 1.58. The Balaban J connectivity index is 1.74. The Morgan fingerprint density at radius 2 is 2.00 bits per heavy atom. The highest BCUT2D eigenvalue weighted by Gasteiger charge is 2.20. The summed E-state index contributed by atoms with van der Waals surface area (Å²) in [6.45, 7) is 3.65. The van der Waals surface area contributed by atoms with Crippen LogP contribution in [0.4, 0.5) is 14.5 Å². The minimum absolute atomic E-state index is 0.0655. The topological polar surface area (TPSA) is 59.8 Å². The molecular weight excluding hydrogens is 358 g/mol. The Kier molecular flexibility index (Phi) is 5.32. The van der Waals surface area contributed by atoms with E-state index in [1.54, 1.807) is 17.8 Å². The lowest BCUT2D eigenvalue weighted by molar-refractivity contribution is -0.115. The number of aryl methyl sites for hydroxylation is 1. The van der Waals surface area contributed by atoms with Gasteiger partial charge < -0.3 is 5.32 Å². The van der Waals surface area contributed by atoms with Gasteiger partial charge in [-0.05, 0) is 37.6 Å². The molecule has 2 aromatic carbocycles. The SMILES string of the molecule is Cc1ccccc1-n1cnnc1SC(C)C(=O)Nc1ccc(F)cc1F. The summed E-state index contributed by atoms with van der Waals surface area (Å²) in [6, 6.07) is 10.7. The molecule has 0 aliphatic carbocycles. The molecule has 0 bridgehead atoms. The van der Waals surface area contributed by atoms with Gasteiger partial charge in [0.15, 0.2) is 5.16 Å². The van der Waals surface area contributed by atoms with Crippen molar-refractivity contribution in [3.05, 3.63) is 66.0 Å². The van der Waals surface area contributed by atoms with Crippen molar-refractivity contribution in [3.8, 4) is 5.69 Å². The standard InChI is InChI=1S/C18H16F2N4OS/c1-11-5-3-4-6-16(11)24-10-21-23-18(24)26-12(2)17(25)22-15-8-7-13(19)9-14(15)20/h3-10,12H,1-2H3,(H,22,25). The first kappa shape index (κ1) is 18.1. The van der Waals surface area contributed by atoms with Crippen LogP contribution in [0.1, 0.15) is 12.5 Å². The van der Waals surface area contributed by atoms with Gasteiger partial charge in [0.2, 0.25) is 5.91 Å². The number of nitrogens with zero attached hydrogens (tertiary/aromatic N) is 3. The molecule has 0 radical (unpaired) electrons. The van der Waals surface area contributed by atoms with Crippen LogP contribution in [-0.2, 0) is 4.79 Å². The van der Waals surface area contributed by atoms with Gasteiger partial charge in [-0.2, -0.15) is 0 Å². The smallest absolute Gasteiger partial charge is 0.237 e. The van der Waals surface area contributed by atoms with Gasteiger partial charge in [-0.3, -0.25) is 9.36 Å². The molecule has 0 fully saturated rings. The lowest BCUT2D eigenvalue weighted by atomic mass is 10.2. The third kappa shape index (κ3) is 3.91.